The Morgan fingerprint density at radius 2 is 2.29 bits per heavy atom. The zero-order valence-electron chi connectivity index (χ0n) is 14.4. The summed E-state index contributed by atoms with van der Waals surface area (Å²) in [4.78, 5) is 2.50. The van der Waals surface area contributed by atoms with Crippen LogP contribution in [0.3, 0.4) is 0 Å². The van der Waals surface area contributed by atoms with Crippen molar-refractivity contribution in [1.29, 1.82) is 0 Å². The summed E-state index contributed by atoms with van der Waals surface area (Å²) in [7, 11) is 1.70. The fraction of sp³-hybridized carbons (Fsp3) is 0.600. The van der Waals surface area contributed by atoms with Gasteiger partial charge >= 0.3 is 0 Å². The lowest BCUT2D eigenvalue weighted by atomic mass is 9.71. The number of nitrogens with one attached hydrogen (secondary N) is 1. The Bertz CT molecular complexity index is 618. The van der Waals surface area contributed by atoms with E-state index < -0.39 is 0 Å². The molecule has 4 heteroatoms. The van der Waals surface area contributed by atoms with Crippen LogP contribution in [0.1, 0.15) is 30.7 Å². The fourth-order valence-corrected chi connectivity index (χ4v) is 5.01. The number of piperidine rings is 3. The molecule has 24 heavy (non-hydrogen) atoms. The molecule has 1 aromatic rings. The number of methoxy groups -OCH3 is 1. The maximum absolute atomic E-state index is 11.3. The molecule has 0 spiro atoms. The third-order valence-corrected chi connectivity index (χ3v) is 6.39. The molecule has 3 fully saturated rings. The van der Waals surface area contributed by atoms with Crippen LogP contribution < -0.4 is 10.1 Å². The van der Waals surface area contributed by atoms with E-state index >= 15 is 0 Å². The van der Waals surface area contributed by atoms with Crippen LogP contribution in [0.5, 0.6) is 5.75 Å². The summed E-state index contributed by atoms with van der Waals surface area (Å²) in [6, 6.07) is 6.44. The predicted molar refractivity (Wildman–Crippen MR) is 96.6 cm³/mol. The second kappa shape index (κ2) is 6.41. The van der Waals surface area contributed by atoms with Crippen molar-refractivity contribution in [2.75, 3.05) is 32.1 Å². The molecule has 2 bridgehead atoms. The van der Waals surface area contributed by atoms with Gasteiger partial charge in [0, 0.05) is 30.7 Å². The number of aliphatic hydroxyl groups excluding tert-OH is 1. The van der Waals surface area contributed by atoms with E-state index in [1.807, 2.05) is 6.07 Å². The fourth-order valence-electron chi connectivity index (χ4n) is 5.01. The second-order valence-corrected chi connectivity index (χ2v) is 7.51. The zero-order valence-corrected chi connectivity index (χ0v) is 14.4. The topological polar surface area (TPSA) is 44.7 Å². The van der Waals surface area contributed by atoms with E-state index in [2.05, 4.69) is 35.0 Å². The minimum Gasteiger partial charge on any atom is -0.497 e. The molecule has 4 nitrogen and oxygen atoms in total. The first-order chi connectivity index (χ1) is 11.7. The lowest BCUT2D eigenvalue weighted by Gasteiger charge is -2.52. The normalized spacial score (nSPS) is 35.7. The van der Waals surface area contributed by atoms with Crippen LogP contribution in [-0.4, -0.2) is 48.9 Å². The van der Waals surface area contributed by atoms with Crippen molar-refractivity contribution in [2.45, 2.75) is 37.3 Å². The van der Waals surface area contributed by atoms with Crippen molar-refractivity contribution in [2.24, 2.45) is 11.8 Å². The van der Waals surface area contributed by atoms with Gasteiger partial charge in [-0.3, -0.25) is 4.90 Å². The van der Waals surface area contributed by atoms with Gasteiger partial charge in [0.05, 0.1) is 13.2 Å². The van der Waals surface area contributed by atoms with Crippen LogP contribution in [0, 0.1) is 11.8 Å². The van der Waals surface area contributed by atoms with Gasteiger partial charge in [0.15, 0.2) is 0 Å². The molecule has 0 amide bonds. The highest BCUT2D eigenvalue weighted by Crippen LogP contribution is 2.43. The lowest BCUT2D eigenvalue weighted by Crippen LogP contribution is -2.58. The first-order valence-corrected chi connectivity index (χ1v) is 9.17. The Hall–Kier alpha value is -1.52. The quantitative estimate of drug-likeness (QED) is 0.834. The molecule has 6 atom stereocenters. The average Bonchev–Trinajstić information content (AvgIpc) is 2.66. The number of benzene rings is 1. The van der Waals surface area contributed by atoms with Gasteiger partial charge in [-0.2, -0.15) is 0 Å². The highest BCUT2D eigenvalue weighted by Gasteiger charge is 2.44. The molecule has 4 aliphatic heterocycles. The Kier molecular flexibility index (Phi) is 4.27. The van der Waals surface area contributed by atoms with Crippen LogP contribution in [0.2, 0.25) is 0 Å². The van der Waals surface area contributed by atoms with Crippen molar-refractivity contribution < 1.29 is 9.84 Å². The van der Waals surface area contributed by atoms with Crippen LogP contribution in [0.25, 0.3) is 0 Å². The zero-order chi connectivity index (χ0) is 16.7. The van der Waals surface area contributed by atoms with Crippen molar-refractivity contribution in [1.82, 2.24) is 4.90 Å². The van der Waals surface area contributed by atoms with Gasteiger partial charge in [-0.05, 0) is 61.4 Å². The first kappa shape index (κ1) is 16.0. The summed E-state index contributed by atoms with van der Waals surface area (Å²) in [6.45, 7) is 7.10. The molecule has 5 rings (SSSR count). The number of hydrogen-bond acceptors (Lipinski definition) is 4. The van der Waals surface area contributed by atoms with Gasteiger partial charge in [0.1, 0.15) is 5.75 Å². The average molecular weight is 328 g/mol. The molecule has 0 saturated carbocycles. The Morgan fingerprint density at radius 3 is 3.00 bits per heavy atom. The van der Waals surface area contributed by atoms with Crippen molar-refractivity contribution in [3.8, 4) is 5.75 Å². The van der Waals surface area contributed by atoms with E-state index in [1.165, 1.54) is 12.0 Å². The maximum atomic E-state index is 11.3. The Balaban J connectivity index is 1.58. The number of ether oxygens (including phenoxy) is 1. The van der Waals surface area contributed by atoms with E-state index in [-0.39, 0.29) is 18.1 Å². The summed E-state index contributed by atoms with van der Waals surface area (Å²) < 4.78 is 5.40. The van der Waals surface area contributed by atoms with Crippen LogP contribution in [-0.2, 0) is 0 Å². The van der Waals surface area contributed by atoms with E-state index in [0.717, 1.165) is 43.9 Å². The van der Waals surface area contributed by atoms with Crippen LogP contribution >= 0.6 is 0 Å². The first-order valence-electron chi connectivity index (χ1n) is 9.17. The van der Waals surface area contributed by atoms with E-state index in [0.29, 0.717) is 11.8 Å². The highest BCUT2D eigenvalue weighted by molar-refractivity contribution is 5.58. The number of fused-ring (bicyclic) bond motifs is 4. The molecule has 6 unspecified atom stereocenters. The molecule has 1 aromatic carbocycles. The van der Waals surface area contributed by atoms with Gasteiger partial charge in [0.25, 0.3) is 0 Å². The third kappa shape index (κ3) is 2.62. The molecule has 0 radical (unpaired) electrons. The molecule has 2 N–H and O–H groups in total. The number of anilines is 1. The highest BCUT2D eigenvalue weighted by atomic mass is 16.5. The molecule has 0 aromatic heterocycles. The molecule has 130 valence electrons. The summed E-state index contributed by atoms with van der Waals surface area (Å²) in [5.41, 5.74) is 2.35. The SMILES string of the molecule is C=CC1CN2CCC1CC2C(O)C1CCNc2ccc(OC)cc21. The summed E-state index contributed by atoms with van der Waals surface area (Å²) >= 11 is 0. The molecular weight excluding hydrogens is 300 g/mol. The van der Waals surface area contributed by atoms with Crippen molar-refractivity contribution in [3.05, 3.63) is 36.4 Å². The molecule has 3 saturated heterocycles. The van der Waals surface area contributed by atoms with Crippen LogP contribution in [0.4, 0.5) is 5.69 Å². The Labute approximate surface area is 144 Å². The summed E-state index contributed by atoms with van der Waals surface area (Å²) in [6.07, 6.45) is 5.12. The van der Waals surface area contributed by atoms with Gasteiger partial charge < -0.3 is 15.2 Å². The number of rotatable bonds is 4. The van der Waals surface area contributed by atoms with Crippen molar-refractivity contribution >= 4 is 5.69 Å². The van der Waals surface area contributed by atoms with Gasteiger partial charge in [-0.1, -0.05) is 6.08 Å². The third-order valence-electron chi connectivity index (χ3n) is 6.39. The van der Waals surface area contributed by atoms with Gasteiger partial charge in [-0.15, -0.1) is 6.58 Å². The molecule has 0 aliphatic carbocycles. The van der Waals surface area contributed by atoms with E-state index in [9.17, 15) is 5.11 Å². The van der Waals surface area contributed by atoms with Gasteiger partial charge in [-0.25, -0.2) is 0 Å². The van der Waals surface area contributed by atoms with E-state index in [4.69, 9.17) is 4.74 Å². The lowest BCUT2D eigenvalue weighted by molar-refractivity contribution is -0.0532. The van der Waals surface area contributed by atoms with Crippen LogP contribution in [0.15, 0.2) is 30.9 Å². The minimum absolute atomic E-state index is 0.183. The monoisotopic (exact) mass is 328 g/mol. The predicted octanol–water partition coefficient (Wildman–Crippen LogP) is 2.85. The summed E-state index contributed by atoms with van der Waals surface area (Å²) in [5.74, 6) is 2.34. The molecule has 4 aliphatic rings. The smallest absolute Gasteiger partial charge is 0.119 e. The number of hydrogen-bond donors (Lipinski definition) is 2. The number of nitrogens with zero attached hydrogens (tertiary/aromatic N) is 1. The number of aliphatic hydroxyl groups is 1. The minimum atomic E-state index is -0.313. The molecule has 4 heterocycles. The largest absolute Gasteiger partial charge is 0.497 e. The standard InChI is InChI=1S/C20H28N2O2/c1-3-13-12-22-9-7-14(13)10-19(22)20(23)16-6-8-21-18-5-4-15(24-2)11-17(16)18/h3-5,11,13-14,16,19-21,23H,1,6-10,12H2,2H3. The summed E-state index contributed by atoms with van der Waals surface area (Å²) in [5, 5.41) is 14.7. The molecular formula is C20H28N2O2. The van der Waals surface area contributed by atoms with E-state index in [1.54, 1.807) is 7.11 Å². The Morgan fingerprint density at radius 1 is 1.42 bits per heavy atom. The van der Waals surface area contributed by atoms with Gasteiger partial charge in [0.2, 0.25) is 0 Å². The maximum Gasteiger partial charge on any atom is 0.119 e. The second-order valence-electron chi connectivity index (χ2n) is 7.51. The van der Waals surface area contributed by atoms with Crippen molar-refractivity contribution in [3.63, 3.8) is 0 Å².